The Morgan fingerprint density at radius 1 is 1.12 bits per heavy atom. The Bertz CT molecular complexity index is 882. The van der Waals surface area contributed by atoms with Gasteiger partial charge in [0.2, 0.25) is 0 Å². The van der Waals surface area contributed by atoms with Crippen molar-refractivity contribution in [1.29, 1.82) is 0 Å². The first kappa shape index (κ1) is 16.4. The molecule has 0 unspecified atom stereocenters. The molecule has 3 rings (SSSR count). The van der Waals surface area contributed by atoms with E-state index in [9.17, 15) is 13.2 Å². The van der Waals surface area contributed by atoms with Crippen molar-refractivity contribution in [3.05, 3.63) is 47.7 Å². The lowest BCUT2D eigenvalue weighted by Gasteiger charge is -2.16. The fraction of sp³-hybridized carbons (Fsp3) is 0.278. The quantitative estimate of drug-likeness (QED) is 0.681. The number of hydrogen-bond acceptors (Lipinski definition) is 2. The van der Waals surface area contributed by atoms with Gasteiger partial charge in [-0.15, -0.1) is 13.2 Å². The van der Waals surface area contributed by atoms with Gasteiger partial charge in [-0.1, -0.05) is 26.0 Å². The Kier molecular flexibility index (Phi) is 3.99. The Morgan fingerprint density at radius 2 is 1.88 bits per heavy atom. The van der Waals surface area contributed by atoms with Crippen LogP contribution in [0.1, 0.15) is 30.9 Å². The molecule has 2 aromatic carbocycles. The monoisotopic (exact) mass is 334 g/mol. The minimum atomic E-state index is -4.72. The predicted molar refractivity (Wildman–Crippen MR) is 87.0 cm³/mol. The molecule has 3 nitrogen and oxygen atoms in total. The van der Waals surface area contributed by atoms with Crippen LogP contribution in [0.25, 0.3) is 22.0 Å². The lowest BCUT2D eigenvalue weighted by atomic mass is 9.93. The number of halogens is 3. The van der Waals surface area contributed by atoms with E-state index in [1.54, 1.807) is 6.20 Å². The standard InChI is InChI=1S/C18H17F3N2O/c1-10(2)12-6-13(8-14(7-12)24-18(19,20)21)17-11(3)4-5-16-15(17)9-22-23-16/h4-10H,1-3H3,(H,22,23). The summed E-state index contributed by atoms with van der Waals surface area (Å²) in [5.41, 5.74) is 4.12. The first-order valence-electron chi connectivity index (χ1n) is 7.58. The molecule has 0 aliphatic heterocycles. The molecule has 126 valence electrons. The number of aromatic nitrogens is 2. The van der Waals surface area contributed by atoms with E-state index in [-0.39, 0.29) is 11.7 Å². The summed E-state index contributed by atoms with van der Waals surface area (Å²) in [4.78, 5) is 0. The van der Waals surface area contributed by atoms with Crippen LogP contribution in [0.2, 0.25) is 0 Å². The summed E-state index contributed by atoms with van der Waals surface area (Å²) < 4.78 is 42.1. The number of aryl methyl sites for hydroxylation is 1. The van der Waals surface area contributed by atoms with Gasteiger partial charge in [0.05, 0.1) is 11.7 Å². The minimum Gasteiger partial charge on any atom is -0.406 e. The largest absolute Gasteiger partial charge is 0.573 e. The van der Waals surface area contributed by atoms with Gasteiger partial charge in [-0.3, -0.25) is 5.10 Å². The summed E-state index contributed by atoms with van der Waals surface area (Å²) in [6.07, 6.45) is -3.03. The number of H-pyrrole nitrogens is 1. The minimum absolute atomic E-state index is 0.0735. The lowest BCUT2D eigenvalue weighted by molar-refractivity contribution is -0.274. The summed E-state index contributed by atoms with van der Waals surface area (Å²) in [6.45, 7) is 5.79. The zero-order chi connectivity index (χ0) is 17.5. The first-order valence-corrected chi connectivity index (χ1v) is 7.58. The SMILES string of the molecule is Cc1ccc2[nH]ncc2c1-c1cc(OC(F)(F)F)cc(C(C)C)c1. The molecule has 24 heavy (non-hydrogen) atoms. The maximum Gasteiger partial charge on any atom is 0.573 e. The van der Waals surface area contributed by atoms with Gasteiger partial charge in [0.25, 0.3) is 0 Å². The third-order valence-corrected chi connectivity index (χ3v) is 3.95. The second-order valence-electron chi connectivity index (χ2n) is 6.08. The van der Waals surface area contributed by atoms with Crippen LogP contribution < -0.4 is 4.74 Å². The van der Waals surface area contributed by atoms with Crippen LogP contribution in [0, 0.1) is 6.92 Å². The van der Waals surface area contributed by atoms with Crippen molar-refractivity contribution in [1.82, 2.24) is 10.2 Å². The van der Waals surface area contributed by atoms with E-state index in [4.69, 9.17) is 0 Å². The molecule has 1 N–H and O–H groups in total. The number of nitrogens with one attached hydrogen (secondary N) is 1. The maximum atomic E-state index is 12.7. The van der Waals surface area contributed by atoms with E-state index in [1.807, 2.05) is 39.0 Å². The molecule has 0 bridgehead atoms. The number of hydrogen-bond donors (Lipinski definition) is 1. The maximum absolute atomic E-state index is 12.7. The lowest BCUT2D eigenvalue weighted by Crippen LogP contribution is -2.17. The number of ether oxygens (including phenoxy) is 1. The van der Waals surface area contributed by atoms with Crippen molar-refractivity contribution in [3.8, 4) is 16.9 Å². The molecule has 0 aliphatic carbocycles. The summed E-state index contributed by atoms with van der Waals surface area (Å²) in [7, 11) is 0. The van der Waals surface area contributed by atoms with Gasteiger partial charge >= 0.3 is 6.36 Å². The normalized spacial score (nSPS) is 12.1. The molecule has 0 saturated carbocycles. The van der Waals surface area contributed by atoms with E-state index < -0.39 is 6.36 Å². The Hall–Kier alpha value is -2.50. The molecule has 0 atom stereocenters. The fourth-order valence-corrected chi connectivity index (χ4v) is 2.80. The number of fused-ring (bicyclic) bond motifs is 1. The van der Waals surface area contributed by atoms with Gasteiger partial charge in [0.1, 0.15) is 5.75 Å². The van der Waals surface area contributed by atoms with E-state index in [0.29, 0.717) is 5.56 Å². The summed E-state index contributed by atoms with van der Waals surface area (Å²) in [6, 6.07) is 8.59. The molecule has 0 amide bonds. The number of rotatable bonds is 3. The average Bonchev–Trinajstić information content (AvgIpc) is 2.93. The third-order valence-electron chi connectivity index (χ3n) is 3.95. The zero-order valence-electron chi connectivity index (χ0n) is 13.5. The molecule has 0 spiro atoms. The first-order chi connectivity index (χ1) is 11.2. The summed E-state index contributed by atoms with van der Waals surface area (Å²) in [5, 5.41) is 7.79. The number of benzene rings is 2. The van der Waals surface area contributed by atoms with Crippen LogP contribution in [0.3, 0.4) is 0 Å². The van der Waals surface area contributed by atoms with Crippen LogP contribution in [0.15, 0.2) is 36.5 Å². The molecule has 0 radical (unpaired) electrons. The Morgan fingerprint density at radius 3 is 2.54 bits per heavy atom. The molecule has 1 aromatic heterocycles. The highest BCUT2D eigenvalue weighted by molar-refractivity contribution is 5.96. The number of alkyl halides is 3. The van der Waals surface area contributed by atoms with E-state index in [1.165, 1.54) is 12.1 Å². The summed E-state index contributed by atoms with van der Waals surface area (Å²) >= 11 is 0. The second kappa shape index (κ2) is 5.85. The second-order valence-corrected chi connectivity index (χ2v) is 6.08. The van der Waals surface area contributed by atoms with Gasteiger partial charge < -0.3 is 4.74 Å². The van der Waals surface area contributed by atoms with Gasteiger partial charge in [-0.25, -0.2) is 0 Å². The smallest absolute Gasteiger partial charge is 0.406 e. The van der Waals surface area contributed by atoms with Crippen LogP contribution in [-0.4, -0.2) is 16.6 Å². The van der Waals surface area contributed by atoms with Crippen LogP contribution in [0.5, 0.6) is 5.75 Å². The van der Waals surface area contributed by atoms with Crippen molar-refractivity contribution in [2.24, 2.45) is 0 Å². The van der Waals surface area contributed by atoms with Crippen molar-refractivity contribution in [2.45, 2.75) is 33.1 Å². The fourth-order valence-electron chi connectivity index (χ4n) is 2.80. The van der Waals surface area contributed by atoms with E-state index >= 15 is 0 Å². The van der Waals surface area contributed by atoms with Crippen molar-refractivity contribution in [3.63, 3.8) is 0 Å². The van der Waals surface area contributed by atoms with Gasteiger partial charge in [-0.2, -0.15) is 5.10 Å². The molecule has 0 fully saturated rings. The number of aromatic amines is 1. The van der Waals surface area contributed by atoms with Crippen molar-refractivity contribution >= 4 is 10.9 Å². The highest BCUT2D eigenvalue weighted by Gasteiger charge is 2.31. The molecule has 6 heteroatoms. The molecule has 1 heterocycles. The van der Waals surface area contributed by atoms with E-state index in [2.05, 4.69) is 14.9 Å². The molecule has 0 saturated heterocycles. The van der Waals surface area contributed by atoms with Crippen molar-refractivity contribution in [2.75, 3.05) is 0 Å². The van der Waals surface area contributed by atoms with Crippen LogP contribution in [-0.2, 0) is 0 Å². The molecular formula is C18H17F3N2O. The third kappa shape index (κ3) is 3.22. The molecule has 0 aliphatic rings. The van der Waals surface area contributed by atoms with Crippen LogP contribution in [0.4, 0.5) is 13.2 Å². The van der Waals surface area contributed by atoms with Gasteiger partial charge in [0, 0.05) is 5.39 Å². The van der Waals surface area contributed by atoms with E-state index in [0.717, 1.165) is 27.6 Å². The highest BCUT2D eigenvalue weighted by atomic mass is 19.4. The highest BCUT2D eigenvalue weighted by Crippen LogP contribution is 2.36. The summed E-state index contributed by atoms with van der Waals surface area (Å²) in [5.74, 6) is -0.131. The Balaban J connectivity index is 2.22. The van der Waals surface area contributed by atoms with Crippen LogP contribution >= 0.6 is 0 Å². The molecular weight excluding hydrogens is 317 g/mol. The van der Waals surface area contributed by atoms with Gasteiger partial charge in [-0.05, 0) is 53.3 Å². The number of nitrogens with zero attached hydrogens (tertiary/aromatic N) is 1. The van der Waals surface area contributed by atoms with Crippen molar-refractivity contribution < 1.29 is 17.9 Å². The predicted octanol–water partition coefficient (Wildman–Crippen LogP) is 5.56. The zero-order valence-corrected chi connectivity index (χ0v) is 13.5. The average molecular weight is 334 g/mol. The Labute approximate surface area is 137 Å². The topological polar surface area (TPSA) is 37.9 Å². The molecule has 3 aromatic rings. The van der Waals surface area contributed by atoms with Gasteiger partial charge in [0.15, 0.2) is 0 Å².